The Labute approximate surface area is 167 Å². The van der Waals surface area contributed by atoms with E-state index >= 15 is 0 Å². The molecular formula is C18H29IN4O2. The minimum atomic E-state index is 0. The van der Waals surface area contributed by atoms with E-state index in [2.05, 4.69) is 10.3 Å². The lowest BCUT2D eigenvalue weighted by molar-refractivity contribution is -0.130. The number of carbonyl (C=O) groups is 1. The summed E-state index contributed by atoms with van der Waals surface area (Å²) in [7, 11) is 5.36. The van der Waals surface area contributed by atoms with Crippen LogP contribution in [0.2, 0.25) is 0 Å². The summed E-state index contributed by atoms with van der Waals surface area (Å²) in [5.41, 5.74) is 1.16. The molecule has 1 fully saturated rings. The van der Waals surface area contributed by atoms with Crippen molar-refractivity contribution in [2.45, 2.75) is 25.8 Å². The number of nitrogens with one attached hydrogen (secondary N) is 1. The number of ether oxygens (including phenoxy) is 1. The van der Waals surface area contributed by atoms with Crippen LogP contribution in [-0.4, -0.2) is 62.5 Å². The fraction of sp³-hybridized carbons (Fsp3) is 0.556. The molecule has 1 aliphatic rings. The zero-order valence-corrected chi connectivity index (χ0v) is 17.7. The number of likely N-dealkylation sites (tertiary alicyclic amines) is 1. The summed E-state index contributed by atoms with van der Waals surface area (Å²) in [6.07, 6.45) is 3.44. The lowest BCUT2D eigenvalue weighted by Crippen LogP contribution is -2.46. The lowest BCUT2D eigenvalue weighted by Gasteiger charge is -2.28. The van der Waals surface area contributed by atoms with Crippen LogP contribution in [0.3, 0.4) is 0 Å². The summed E-state index contributed by atoms with van der Waals surface area (Å²) in [6, 6.07) is 7.95. The Morgan fingerprint density at radius 2 is 1.88 bits per heavy atom. The van der Waals surface area contributed by atoms with Gasteiger partial charge in [-0.15, -0.1) is 24.0 Å². The molecule has 1 saturated heterocycles. The Kier molecular flexibility index (Phi) is 9.62. The van der Waals surface area contributed by atoms with Crippen LogP contribution in [0.4, 0.5) is 0 Å². The average molecular weight is 460 g/mol. The van der Waals surface area contributed by atoms with Crippen molar-refractivity contribution in [1.82, 2.24) is 15.1 Å². The lowest BCUT2D eigenvalue weighted by atomic mass is 10.1. The monoisotopic (exact) mass is 460 g/mol. The molecule has 1 aliphatic heterocycles. The van der Waals surface area contributed by atoms with E-state index in [1.165, 1.54) is 6.42 Å². The smallest absolute Gasteiger partial charge is 0.241 e. The summed E-state index contributed by atoms with van der Waals surface area (Å²) in [6.45, 7) is 2.75. The second kappa shape index (κ2) is 11.2. The number of halogens is 1. The first kappa shape index (κ1) is 21.5. The van der Waals surface area contributed by atoms with Gasteiger partial charge in [0.05, 0.1) is 13.7 Å². The molecular weight excluding hydrogens is 431 g/mol. The normalized spacial score (nSPS) is 14.5. The van der Waals surface area contributed by atoms with Crippen LogP contribution in [0.15, 0.2) is 29.3 Å². The molecule has 140 valence electrons. The molecule has 0 radical (unpaired) electrons. The van der Waals surface area contributed by atoms with Gasteiger partial charge in [0.1, 0.15) is 5.75 Å². The molecule has 0 atom stereocenters. The SMILES string of the molecule is CN=C(NCC(=O)N1CCCCC1)N(C)Cc1ccc(OC)cc1.I. The van der Waals surface area contributed by atoms with E-state index in [4.69, 9.17) is 4.74 Å². The molecule has 0 aromatic heterocycles. The zero-order chi connectivity index (χ0) is 17.4. The third kappa shape index (κ3) is 6.72. The Bertz CT molecular complexity index is 557. The van der Waals surface area contributed by atoms with Crippen LogP contribution in [0.1, 0.15) is 24.8 Å². The van der Waals surface area contributed by atoms with Crippen molar-refractivity contribution in [1.29, 1.82) is 0 Å². The van der Waals surface area contributed by atoms with Crippen molar-refractivity contribution in [2.24, 2.45) is 4.99 Å². The van der Waals surface area contributed by atoms with Gasteiger partial charge in [0.15, 0.2) is 5.96 Å². The van der Waals surface area contributed by atoms with Crippen molar-refractivity contribution in [3.63, 3.8) is 0 Å². The second-order valence-corrected chi connectivity index (χ2v) is 6.05. The van der Waals surface area contributed by atoms with E-state index in [1.807, 2.05) is 41.1 Å². The highest BCUT2D eigenvalue weighted by molar-refractivity contribution is 14.0. The fourth-order valence-corrected chi connectivity index (χ4v) is 2.87. The highest BCUT2D eigenvalue weighted by Gasteiger charge is 2.17. The van der Waals surface area contributed by atoms with Gasteiger partial charge in [-0.25, -0.2) is 0 Å². The van der Waals surface area contributed by atoms with Gasteiger partial charge in [-0.2, -0.15) is 0 Å². The number of amides is 1. The topological polar surface area (TPSA) is 57.2 Å². The predicted molar refractivity (Wildman–Crippen MR) is 112 cm³/mol. The largest absolute Gasteiger partial charge is 0.497 e. The average Bonchev–Trinajstić information content (AvgIpc) is 2.63. The summed E-state index contributed by atoms with van der Waals surface area (Å²) in [5, 5.41) is 3.17. The highest BCUT2D eigenvalue weighted by atomic mass is 127. The van der Waals surface area contributed by atoms with E-state index in [9.17, 15) is 4.79 Å². The Balaban J connectivity index is 0.00000312. The highest BCUT2D eigenvalue weighted by Crippen LogP contribution is 2.12. The molecule has 0 bridgehead atoms. The molecule has 2 rings (SSSR count). The number of nitrogens with zero attached hydrogens (tertiary/aromatic N) is 3. The molecule has 0 saturated carbocycles. The Morgan fingerprint density at radius 1 is 1.24 bits per heavy atom. The number of hydrogen-bond acceptors (Lipinski definition) is 3. The number of carbonyl (C=O) groups excluding carboxylic acids is 1. The molecule has 6 nitrogen and oxygen atoms in total. The number of methoxy groups -OCH3 is 1. The maximum Gasteiger partial charge on any atom is 0.241 e. The van der Waals surface area contributed by atoms with E-state index in [0.29, 0.717) is 13.1 Å². The number of benzene rings is 1. The summed E-state index contributed by atoms with van der Waals surface area (Å²) in [4.78, 5) is 20.5. The van der Waals surface area contributed by atoms with E-state index in [1.54, 1.807) is 14.2 Å². The number of aliphatic imine (C=N–C) groups is 1. The maximum atomic E-state index is 12.2. The van der Waals surface area contributed by atoms with E-state index in [-0.39, 0.29) is 29.9 Å². The molecule has 0 aliphatic carbocycles. The molecule has 0 unspecified atom stereocenters. The molecule has 1 amide bonds. The Hall–Kier alpha value is -1.51. The van der Waals surface area contributed by atoms with Crippen molar-refractivity contribution >= 4 is 35.8 Å². The standard InChI is InChI=1S/C18H28N4O2.HI/c1-19-18(20-13-17(23)22-11-5-4-6-12-22)21(2)14-15-7-9-16(24-3)10-8-15;/h7-10H,4-6,11-14H2,1-3H3,(H,19,20);1H. The third-order valence-electron chi connectivity index (χ3n) is 4.26. The van der Waals surface area contributed by atoms with Gasteiger partial charge in [0.2, 0.25) is 5.91 Å². The van der Waals surface area contributed by atoms with Crippen LogP contribution in [0.5, 0.6) is 5.75 Å². The molecule has 1 aromatic carbocycles. The first-order chi connectivity index (χ1) is 11.6. The first-order valence-corrected chi connectivity index (χ1v) is 8.46. The number of hydrogen-bond donors (Lipinski definition) is 1. The van der Waals surface area contributed by atoms with Gasteiger partial charge in [-0.05, 0) is 37.0 Å². The summed E-state index contributed by atoms with van der Waals surface area (Å²) >= 11 is 0. The van der Waals surface area contributed by atoms with E-state index < -0.39 is 0 Å². The quantitative estimate of drug-likeness (QED) is 0.417. The van der Waals surface area contributed by atoms with Gasteiger partial charge >= 0.3 is 0 Å². The molecule has 25 heavy (non-hydrogen) atoms. The van der Waals surface area contributed by atoms with Crippen molar-refractivity contribution in [3.8, 4) is 5.75 Å². The number of guanidine groups is 1. The van der Waals surface area contributed by atoms with Crippen LogP contribution < -0.4 is 10.1 Å². The van der Waals surface area contributed by atoms with Crippen LogP contribution in [0.25, 0.3) is 0 Å². The van der Waals surface area contributed by atoms with Crippen molar-refractivity contribution in [3.05, 3.63) is 29.8 Å². The van der Waals surface area contributed by atoms with Gasteiger partial charge in [-0.1, -0.05) is 12.1 Å². The summed E-state index contributed by atoms with van der Waals surface area (Å²) in [5.74, 6) is 1.71. The van der Waals surface area contributed by atoms with Gasteiger partial charge in [0.25, 0.3) is 0 Å². The molecule has 1 heterocycles. The second-order valence-electron chi connectivity index (χ2n) is 6.05. The first-order valence-electron chi connectivity index (χ1n) is 8.46. The Morgan fingerprint density at radius 3 is 2.44 bits per heavy atom. The van der Waals surface area contributed by atoms with Gasteiger partial charge in [0, 0.05) is 33.7 Å². The molecule has 7 heteroatoms. The number of rotatable bonds is 5. The number of piperidine rings is 1. The third-order valence-corrected chi connectivity index (χ3v) is 4.26. The van der Waals surface area contributed by atoms with Crippen molar-refractivity contribution < 1.29 is 9.53 Å². The molecule has 1 aromatic rings. The van der Waals surface area contributed by atoms with Gasteiger partial charge in [-0.3, -0.25) is 9.79 Å². The van der Waals surface area contributed by atoms with E-state index in [0.717, 1.165) is 43.2 Å². The van der Waals surface area contributed by atoms with Crippen molar-refractivity contribution in [2.75, 3.05) is 40.8 Å². The fourth-order valence-electron chi connectivity index (χ4n) is 2.87. The maximum absolute atomic E-state index is 12.2. The zero-order valence-electron chi connectivity index (χ0n) is 15.3. The van der Waals surface area contributed by atoms with Crippen LogP contribution in [-0.2, 0) is 11.3 Å². The minimum Gasteiger partial charge on any atom is -0.497 e. The molecule has 0 spiro atoms. The molecule has 1 N–H and O–H groups in total. The van der Waals surface area contributed by atoms with Gasteiger partial charge < -0.3 is 19.9 Å². The van der Waals surface area contributed by atoms with Crippen LogP contribution in [0, 0.1) is 0 Å². The minimum absolute atomic E-state index is 0. The summed E-state index contributed by atoms with van der Waals surface area (Å²) < 4.78 is 5.17. The predicted octanol–water partition coefficient (Wildman–Crippen LogP) is 2.33. The van der Waals surface area contributed by atoms with Crippen LogP contribution >= 0.6 is 24.0 Å².